The summed E-state index contributed by atoms with van der Waals surface area (Å²) in [6.45, 7) is 3.54. The summed E-state index contributed by atoms with van der Waals surface area (Å²) in [7, 11) is 0. The lowest BCUT2D eigenvalue weighted by atomic mass is 10.2. The number of nitrogen functional groups attached to an aromatic ring is 1. The molecule has 1 aliphatic carbocycles. The monoisotopic (exact) mass is 249 g/mol. The van der Waals surface area contributed by atoms with Gasteiger partial charge in [-0.1, -0.05) is 0 Å². The number of hydrogen-bond donors (Lipinski definition) is 3. The first-order valence-electron chi connectivity index (χ1n) is 6.47. The number of hydrogen-bond acceptors (Lipinski definition) is 6. The van der Waals surface area contributed by atoms with Gasteiger partial charge in [0.05, 0.1) is 12.6 Å². The molecule has 1 aliphatic heterocycles. The van der Waals surface area contributed by atoms with E-state index in [4.69, 9.17) is 10.6 Å². The molecule has 1 atom stereocenters. The van der Waals surface area contributed by atoms with E-state index in [1.165, 1.54) is 12.8 Å². The highest BCUT2D eigenvalue weighted by Crippen LogP contribution is 2.39. The van der Waals surface area contributed by atoms with Gasteiger partial charge in [-0.15, -0.1) is 0 Å². The minimum atomic E-state index is 0.344. The highest BCUT2D eigenvalue weighted by molar-refractivity contribution is 5.57. The smallest absolute Gasteiger partial charge is 0.148 e. The predicted molar refractivity (Wildman–Crippen MR) is 69.4 cm³/mol. The van der Waals surface area contributed by atoms with Crippen LogP contribution >= 0.6 is 0 Å². The van der Waals surface area contributed by atoms with Crippen molar-refractivity contribution >= 4 is 11.6 Å². The van der Waals surface area contributed by atoms with Gasteiger partial charge in [-0.25, -0.2) is 15.8 Å². The van der Waals surface area contributed by atoms with E-state index in [-0.39, 0.29) is 0 Å². The van der Waals surface area contributed by atoms with Gasteiger partial charge in [0.15, 0.2) is 0 Å². The third-order valence-corrected chi connectivity index (χ3v) is 3.51. The Bertz CT molecular complexity index is 440. The van der Waals surface area contributed by atoms with Crippen LogP contribution in [-0.2, 0) is 4.74 Å². The van der Waals surface area contributed by atoms with Crippen molar-refractivity contribution < 1.29 is 4.74 Å². The van der Waals surface area contributed by atoms with Gasteiger partial charge >= 0.3 is 0 Å². The van der Waals surface area contributed by atoms with E-state index in [2.05, 4.69) is 20.7 Å². The molecule has 0 bridgehead atoms. The van der Waals surface area contributed by atoms with Crippen LogP contribution in [0.15, 0.2) is 0 Å². The van der Waals surface area contributed by atoms with E-state index in [0.29, 0.717) is 17.8 Å². The van der Waals surface area contributed by atoms with Crippen molar-refractivity contribution in [2.45, 2.75) is 38.1 Å². The lowest BCUT2D eigenvalue weighted by Gasteiger charge is -2.16. The molecule has 2 fully saturated rings. The summed E-state index contributed by atoms with van der Waals surface area (Å²) in [6, 6.07) is 0.344. The number of nitrogens with one attached hydrogen (secondary N) is 2. The number of aromatic nitrogens is 2. The maximum Gasteiger partial charge on any atom is 0.148 e. The molecule has 1 aromatic heterocycles. The summed E-state index contributed by atoms with van der Waals surface area (Å²) in [5.74, 6) is 8.54. The van der Waals surface area contributed by atoms with Gasteiger partial charge < -0.3 is 15.5 Å². The fraction of sp³-hybridized carbons (Fsp3) is 0.667. The Morgan fingerprint density at radius 1 is 1.22 bits per heavy atom. The van der Waals surface area contributed by atoms with Crippen molar-refractivity contribution in [3.05, 3.63) is 11.4 Å². The fourth-order valence-electron chi connectivity index (χ4n) is 2.18. The van der Waals surface area contributed by atoms with E-state index < -0.39 is 0 Å². The van der Waals surface area contributed by atoms with Crippen LogP contribution in [0.25, 0.3) is 0 Å². The molecule has 1 saturated carbocycles. The average molecular weight is 249 g/mol. The fourth-order valence-corrected chi connectivity index (χ4v) is 2.18. The molecule has 2 aliphatic rings. The zero-order valence-electron chi connectivity index (χ0n) is 10.6. The summed E-state index contributed by atoms with van der Waals surface area (Å²) in [6.07, 6.45) is 3.38. The third kappa shape index (κ3) is 2.26. The zero-order chi connectivity index (χ0) is 12.5. The number of anilines is 2. The second-order valence-corrected chi connectivity index (χ2v) is 5.03. The van der Waals surface area contributed by atoms with Gasteiger partial charge in [0, 0.05) is 18.1 Å². The molecular weight excluding hydrogens is 230 g/mol. The van der Waals surface area contributed by atoms with Crippen LogP contribution in [-0.4, -0.2) is 29.2 Å². The lowest BCUT2D eigenvalue weighted by molar-refractivity contribution is 0.195. The van der Waals surface area contributed by atoms with E-state index in [9.17, 15) is 0 Å². The molecule has 3 rings (SSSR count). The molecule has 98 valence electrons. The van der Waals surface area contributed by atoms with Crippen LogP contribution in [0.5, 0.6) is 0 Å². The topological polar surface area (TPSA) is 85.1 Å². The van der Waals surface area contributed by atoms with Crippen molar-refractivity contribution in [2.24, 2.45) is 5.84 Å². The van der Waals surface area contributed by atoms with Gasteiger partial charge in [-0.2, -0.15) is 0 Å². The van der Waals surface area contributed by atoms with Crippen molar-refractivity contribution in [2.75, 3.05) is 24.0 Å². The van der Waals surface area contributed by atoms with Crippen LogP contribution < -0.4 is 16.6 Å². The standard InChI is InChI=1S/C12H19N5O/c1-7-10(14-9-4-5-18-6-9)15-12(8-2-3-8)16-11(7)17-13/h8-9H,2-6,13H2,1H3,(H2,14,15,16,17). The van der Waals surface area contributed by atoms with Gasteiger partial charge in [0.2, 0.25) is 0 Å². The number of rotatable bonds is 4. The van der Waals surface area contributed by atoms with Gasteiger partial charge in [0.1, 0.15) is 17.5 Å². The van der Waals surface area contributed by atoms with Crippen molar-refractivity contribution in [1.29, 1.82) is 0 Å². The summed E-state index contributed by atoms with van der Waals surface area (Å²) in [4.78, 5) is 9.10. The minimum Gasteiger partial charge on any atom is -0.379 e. The van der Waals surface area contributed by atoms with Crippen LogP contribution in [0.4, 0.5) is 11.6 Å². The molecule has 6 nitrogen and oxygen atoms in total. The number of nitrogens with zero attached hydrogens (tertiary/aromatic N) is 2. The Kier molecular flexibility index (Phi) is 3.05. The number of nitrogens with two attached hydrogens (primary N) is 1. The quantitative estimate of drug-likeness (QED) is 0.548. The Morgan fingerprint density at radius 3 is 2.61 bits per heavy atom. The second kappa shape index (κ2) is 4.70. The molecule has 0 amide bonds. The molecule has 1 saturated heterocycles. The van der Waals surface area contributed by atoms with E-state index in [1.54, 1.807) is 0 Å². The van der Waals surface area contributed by atoms with Crippen LogP contribution in [0.2, 0.25) is 0 Å². The summed E-state index contributed by atoms with van der Waals surface area (Å²) in [5, 5.41) is 3.44. The molecule has 0 aromatic carbocycles. The molecule has 0 spiro atoms. The van der Waals surface area contributed by atoms with E-state index in [0.717, 1.165) is 36.8 Å². The maximum absolute atomic E-state index is 5.52. The second-order valence-electron chi connectivity index (χ2n) is 5.03. The third-order valence-electron chi connectivity index (χ3n) is 3.51. The molecular formula is C12H19N5O. The zero-order valence-corrected chi connectivity index (χ0v) is 10.6. The minimum absolute atomic E-state index is 0.344. The van der Waals surface area contributed by atoms with Gasteiger partial charge in [0.25, 0.3) is 0 Å². The summed E-state index contributed by atoms with van der Waals surface area (Å²) in [5.41, 5.74) is 3.63. The van der Waals surface area contributed by atoms with Crippen LogP contribution in [0, 0.1) is 6.92 Å². The van der Waals surface area contributed by atoms with Crippen molar-refractivity contribution in [1.82, 2.24) is 9.97 Å². The first-order chi connectivity index (χ1) is 8.78. The molecule has 0 radical (unpaired) electrons. The normalized spacial score (nSPS) is 23.1. The Labute approximate surface area is 106 Å². The van der Waals surface area contributed by atoms with Crippen LogP contribution in [0.3, 0.4) is 0 Å². The van der Waals surface area contributed by atoms with Crippen molar-refractivity contribution in [3.8, 4) is 0 Å². The number of hydrazine groups is 1. The van der Waals surface area contributed by atoms with E-state index >= 15 is 0 Å². The Hall–Kier alpha value is -1.40. The summed E-state index contributed by atoms with van der Waals surface area (Å²) >= 11 is 0. The first-order valence-corrected chi connectivity index (χ1v) is 6.47. The molecule has 18 heavy (non-hydrogen) atoms. The highest BCUT2D eigenvalue weighted by atomic mass is 16.5. The van der Waals surface area contributed by atoms with Gasteiger partial charge in [-0.3, -0.25) is 0 Å². The average Bonchev–Trinajstić information content (AvgIpc) is 3.11. The molecule has 6 heteroatoms. The molecule has 2 heterocycles. The Balaban J connectivity index is 1.87. The Morgan fingerprint density at radius 2 is 2.00 bits per heavy atom. The molecule has 1 aromatic rings. The summed E-state index contributed by atoms with van der Waals surface area (Å²) < 4.78 is 5.37. The predicted octanol–water partition coefficient (Wildman–Crippen LogP) is 1.15. The first kappa shape index (κ1) is 11.7. The molecule has 1 unspecified atom stereocenters. The SMILES string of the molecule is Cc1c(NN)nc(C2CC2)nc1NC1CCOC1. The number of ether oxygens (including phenoxy) is 1. The van der Waals surface area contributed by atoms with Crippen LogP contribution in [0.1, 0.15) is 36.6 Å². The largest absolute Gasteiger partial charge is 0.379 e. The highest BCUT2D eigenvalue weighted by Gasteiger charge is 2.28. The van der Waals surface area contributed by atoms with Gasteiger partial charge in [-0.05, 0) is 26.2 Å². The lowest BCUT2D eigenvalue weighted by Crippen LogP contribution is -2.22. The molecule has 4 N–H and O–H groups in total. The maximum atomic E-state index is 5.52. The van der Waals surface area contributed by atoms with Crippen molar-refractivity contribution in [3.63, 3.8) is 0 Å². The van der Waals surface area contributed by atoms with E-state index in [1.807, 2.05) is 6.92 Å².